The van der Waals surface area contributed by atoms with E-state index in [1.165, 1.54) is 0 Å². The molecule has 34 heavy (non-hydrogen) atoms. The van der Waals surface area contributed by atoms with E-state index in [-0.39, 0.29) is 23.5 Å². The molecule has 0 atom stereocenters. The van der Waals surface area contributed by atoms with Gasteiger partial charge in [0.25, 0.3) is 0 Å². The molecule has 11 heteroatoms. The minimum Gasteiger partial charge on any atom is -0.355 e. The van der Waals surface area contributed by atoms with Gasteiger partial charge in [-0.2, -0.15) is 0 Å². The van der Waals surface area contributed by atoms with Crippen molar-refractivity contribution in [1.82, 2.24) is 29.6 Å². The van der Waals surface area contributed by atoms with E-state index < -0.39 is 9.84 Å². The van der Waals surface area contributed by atoms with Gasteiger partial charge in [-0.1, -0.05) is 11.6 Å². The number of rotatable bonds is 3. The first-order valence-electron chi connectivity index (χ1n) is 11.6. The number of nitrogens with zero attached hydrogens (tertiary/aromatic N) is 7. The summed E-state index contributed by atoms with van der Waals surface area (Å²) in [6.45, 7) is 4.96. The van der Waals surface area contributed by atoms with Crippen molar-refractivity contribution in [2.45, 2.75) is 44.8 Å². The molecule has 0 aliphatic carbocycles. The fraction of sp³-hybridized carbons (Fsp3) is 0.478. The number of halogens is 1. The standard InChI is InChI=1S/C23H26ClN7O2S/c1-15-22(26-7-6-25-15)29-8-4-16(5-9-29)23-28-27-21-12-30(19-13-34(32,33)14-19)11-17-10-18(24)2-3-20(17)31(21)23/h2-3,6-7,10,16,19H,4-5,8-9,11-14H2,1H3. The number of hydrogen-bond acceptors (Lipinski definition) is 8. The Bertz CT molecular complexity index is 1340. The zero-order valence-corrected chi connectivity index (χ0v) is 20.5. The van der Waals surface area contributed by atoms with Gasteiger partial charge in [0.2, 0.25) is 0 Å². The number of benzene rings is 1. The van der Waals surface area contributed by atoms with E-state index in [4.69, 9.17) is 11.6 Å². The third-order valence-electron chi connectivity index (χ3n) is 7.18. The number of piperidine rings is 1. The van der Waals surface area contributed by atoms with Gasteiger partial charge in [0.05, 0.1) is 29.4 Å². The van der Waals surface area contributed by atoms with E-state index >= 15 is 0 Å². The van der Waals surface area contributed by atoms with Crippen molar-refractivity contribution in [2.24, 2.45) is 0 Å². The van der Waals surface area contributed by atoms with Crippen molar-refractivity contribution >= 4 is 27.3 Å². The number of sulfone groups is 1. The van der Waals surface area contributed by atoms with E-state index in [1.807, 2.05) is 25.1 Å². The number of aryl methyl sites for hydroxylation is 1. The fourth-order valence-corrected chi connectivity index (χ4v) is 7.07. The molecule has 0 radical (unpaired) electrons. The smallest absolute Gasteiger partial charge is 0.153 e. The predicted octanol–water partition coefficient (Wildman–Crippen LogP) is 2.52. The monoisotopic (exact) mass is 499 g/mol. The Labute approximate surface area is 203 Å². The summed E-state index contributed by atoms with van der Waals surface area (Å²) in [6.07, 6.45) is 5.36. The molecule has 9 nitrogen and oxygen atoms in total. The van der Waals surface area contributed by atoms with Crippen LogP contribution in [0.15, 0.2) is 30.6 Å². The molecule has 0 saturated carbocycles. The van der Waals surface area contributed by atoms with Crippen LogP contribution < -0.4 is 4.90 Å². The first-order chi connectivity index (χ1) is 16.4. The zero-order valence-electron chi connectivity index (χ0n) is 18.9. The van der Waals surface area contributed by atoms with Crippen LogP contribution in [0, 0.1) is 6.92 Å². The van der Waals surface area contributed by atoms with Crippen molar-refractivity contribution in [3.8, 4) is 5.69 Å². The highest BCUT2D eigenvalue weighted by Gasteiger charge is 2.40. The molecule has 6 rings (SSSR count). The van der Waals surface area contributed by atoms with Gasteiger partial charge in [0, 0.05) is 49.0 Å². The van der Waals surface area contributed by atoms with E-state index in [9.17, 15) is 8.42 Å². The summed E-state index contributed by atoms with van der Waals surface area (Å²) in [4.78, 5) is 13.4. The lowest BCUT2D eigenvalue weighted by atomic mass is 9.95. The zero-order chi connectivity index (χ0) is 23.4. The lowest BCUT2D eigenvalue weighted by Crippen LogP contribution is -2.52. The van der Waals surface area contributed by atoms with Gasteiger partial charge < -0.3 is 4.90 Å². The summed E-state index contributed by atoms with van der Waals surface area (Å²) in [5, 5.41) is 9.91. The highest BCUT2D eigenvalue weighted by molar-refractivity contribution is 7.92. The molecule has 5 heterocycles. The van der Waals surface area contributed by atoms with Crippen LogP contribution >= 0.6 is 11.6 Å². The third kappa shape index (κ3) is 3.87. The number of anilines is 1. The average molecular weight is 500 g/mol. The molecule has 0 bridgehead atoms. The second-order valence-electron chi connectivity index (χ2n) is 9.45. The third-order valence-corrected chi connectivity index (χ3v) is 9.20. The maximum atomic E-state index is 11.8. The fourth-order valence-electron chi connectivity index (χ4n) is 5.38. The summed E-state index contributed by atoms with van der Waals surface area (Å²) in [6, 6.07) is 5.92. The molecule has 0 unspecified atom stereocenters. The quantitative estimate of drug-likeness (QED) is 0.542. The minimum atomic E-state index is -2.92. The Morgan fingerprint density at radius 1 is 1.03 bits per heavy atom. The Balaban J connectivity index is 1.30. The molecule has 3 aliphatic heterocycles. The van der Waals surface area contributed by atoms with Gasteiger partial charge in [-0.15, -0.1) is 10.2 Å². The van der Waals surface area contributed by atoms with Crippen molar-refractivity contribution in [3.63, 3.8) is 0 Å². The Morgan fingerprint density at radius 2 is 1.79 bits per heavy atom. The van der Waals surface area contributed by atoms with Crippen LogP contribution in [0.25, 0.3) is 5.69 Å². The molecule has 3 aliphatic rings. The minimum absolute atomic E-state index is 0.00184. The topological polar surface area (TPSA) is 97.1 Å². The Hall–Kier alpha value is -2.56. The molecule has 0 spiro atoms. The predicted molar refractivity (Wildman–Crippen MR) is 129 cm³/mol. The van der Waals surface area contributed by atoms with Crippen LogP contribution in [-0.4, -0.2) is 68.7 Å². The molecule has 178 valence electrons. The van der Waals surface area contributed by atoms with Crippen LogP contribution in [0.5, 0.6) is 0 Å². The van der Waals surface area contributed by atoms with Crippen molar-refractivity contribution in [2.75, 3.05) is 29.5 Å². The van der Waals surface area contributed by atoms with E-state index in [0.717, 1.165) is 60.3 Å². The van der Waals surface area contributed by atoms with Gasteiger partial charge in [-0.25, -0.2) is 13.4 Å². The summed E-state index contributed by atoms with van der Waals surface area (Å²) in [5.41, 5.74) is 3.06. The first kappa shape index (κ1) is 21.9. The number of fused-ring (bicyclic) bond motifs is 3. The van der Waals surface area contributed by atoms with Crippen molar-refractivity contribution in [1.29, 1.82) is 0 Å². The molecule has 2 aromatic heterocycles. The second kappa shape index (κ2) is 8.28. The maximum absolute atomic E-state index is 11.8. The van der Waals surface area contributed by atoms with Crippen molar-refractivity contribution in [3.05, 3.63) is 58.5 Å². The van der Waals surface area contributed by atoms with Gasteiger partial charge in [-0.05, 0) is 43.5 Å². The largest absolute Gasteiger partial charge is 0.355 e. The number of hydrogen-bond donors (Lipinski definition) is 0. The molecule has 3 aromatic rings. The summed E-state index contributed by atoms with van der Waals surface area (Å²) in [7, 11) is -2.92. The van der Waals surface area contributed by atoms with Gasteiger partial charge in [0.15, 0.2) is 15.7 Å². The Morgan fingerprint density at radius 3 is 2.53 bits per heavy atom. The van der Waals surface area contributed by atoms with Crippen LogP contribution in [0.4, 0.5) is 5.82 Å². The maximum Gasteiger partial charge on any atom is 0.153 e. The van der Waals surface area contributed by atoms with Gasteiger partial charge in [0.1, 0.15) is 11.6 Å². The van der Waals surface area contributed by atoms with Gasteiger partial charge in [-0.3, -0.25) is 14.5 Å². The Kier molecular flexibility index (Phi) is 5.34. The molecule has 0 N–H and O–H groups in total. The first-order valence-corrected chi connectivity index (χ1v) is 13.8. The van der Waals surface area contributed by atoms with Crippen LogP contribution in [-0.2, 0) is 22.9 Å². The lowest BCUT2D eigenvalue weighted by Gasteiger charge is -2.35. The van der Waals surface area contributed by atoms with E-state index in [1.54, 1.807) is 12.4 Å². The SMILES string of the molecule is Cc1nccnc1N1CCC(c2nnc3n2-c2ccc(Cl)cc2CN(C2CS(=O)(=O)C2)C3)CC1. The van der Waals surface area contributed by atoms with Gasteiger partial charge >= 0.3 is 0 Å². The van der Waals surface area contributed by atoms with Crippen LogP contribution in [0.2, 0.25) is 5.02 Å². The van der Waals surface area contributed by atoms with Crippen molar-refractivity contribution < 1.29 is 8.42 Å². The lowest BCUT2D eigenvalue weighted by molar-refractivity contribution is 0.193. The highest BCUT2D eigenvalue weighted by atomic mass is 35.5. The van der Waals surface area contributed by atoms with E-state index in [2.05, 4.69) is 34.5 Å². The molecular weight excluding hydrogens is 474 g/mol. The van der Waals surface area contributed by atoms with Crippen LogP contribution in [0.1, 0.15) is 41.7 Å². The summed E-state index contributed by atoms with van der Waals surface area (Å²) < 4.78 is 25.9. The molecule has 1 aromatic carbocycles. The highest BCUT2D eigenvalue weighted by Crippen LogP contribution is 2.35. The number of aromatic nitrogens is 5. The average Bonchev–Trinajstić information content (AvgIpc) is 3.14. The molecule has 2 fully saturated rings. The molecule has 2 saturated heterocycles. The van der Waals surface area contributed by atoms with E-state index in [0.29, 0.717) is 18.1 Å². The van der Waals surface area contributed by atoms with Crippen LogP contribution in [0.3, 0.4) is 0 Å². The molecule has 0 amide bonds. The normalized spacial score (nSPS) is 20.9. The summed E-state index contributed by atoms with van der Waals surface area (Å²) >= 11 is 6.36. The molecular formula is C23H26ClN7O2S. The second-order valence-corrected chi connectivity index (χ2v) is 12.0. The summed E-state index contributed by atoms with van der Waals surface area (Å²) in [5.74, 6) is 3.44.